The van der Waals surface area contributed by atoms with Gasteiger partial charge in [0.1, 0.15) is 11.6 Å². The molecule has 0 aliphatic carbocycles. The average molecular weight is 506 g/mol. The summed E-state index contributed by atoms with van der Waals surface area (Å²) < 4.78 is 0. The molecule has 3 heterocycles. The largest absolute Gasteiger partial charge is 0.299 e. The van der Waals surface area contributed by atoms with E-state index in [0.717, 1.165) is 19.3 Å². The normalized spacial score (nSPS) is 22.2. The second-order valence-electron chi connectivity index (χ2n) is 10.4. The molecule has 2 aromatic heterocycles. The minimum absolute atomic E-state index is 0.223. The summed E-state index contributed by atoms with van der Waals surface area (Å²) in [6.45, 7) is 5.82. The molecule has 4 atom stereocenters. The van der Waals surface area contributed by atoms with Gasteiger partial charge in [-0.3, -0.25) is 29.3 Å². The van der Waals surface area contributed by atoms with Crippen LogP contribution in [0.2, 0.25) is 0 Å². The molecule has 0 spiro atoms. The first-order chi connectivity index (χ1) is 18.0. The number of hydrogen-bond acceptors (Lipinski definition) is 6. The zero-order chi connectivity index (χ0) is 26.6. The lowest BCUT2D eigenvalue weighted by molar-refractivity contribution is -0.151. The van der Waals surface area contributed by atoms with E-state index in [1.165, 1.54) is 58.8 Å². The molecule has 0 bridgehead atoms. The molecule has 1 fully saturated rings. The molecule has 0 amide bonds. The first-order valence-corrected chi connectivity index (χ1v) is 14.1. The van der Waals surface area contributed by atoms with Crippen LogP contribution < -0.4 is 0 Å². The fourth-order valence-corrected chi connectivity index (χ4v) is 5.75. The molecule has 1 aliphatic heterocycles. The zero-order valence-corrected chi connectivity index (χ0v) is 22.8. The fraction of sp³-hybridized carbons (Fsp3) is 0.581. The van der Waals surface area contributed by atoms with Gasteiger partial charge in [0.2, 0.25) is 0 Å². The van der Waals surface area contributed by atoms with Crippen LogP contribution in [0, 0.1) is 11.8 Å². The Kier molecular flexibility index (Phi) is 11.6. The molecule has 200 valence electrons. The summed E-state index contributed by atoms with van der Waals surface area (Å²) in [5.74, 6) is -2.61. The predicted octanol–water partition coefficient (Wildman–Crippen LogP) is 6.48. The van der Waals surface area contributed by atoms with Gasteiger partial charge < -0.3 is 0 Å². The zero-order valence-electron chi connectivity index (χ0n) is 22.8. The van der Waals surface area contributed by atoms with Gasteiger partial charge in [0.05, 0.1) is 35.3 Å². The number of carbonyl (C=O) groups is 3. The number of ketones is 3. The highest BCUT2D eigenvalue weighted by Crippen LogP contribution is 2.46. The van der Waals surface area contributed by atoms with Crippen molar-refractivity contribution in [3.8, 4) is 0 Å². The van der Waals surface area contributed by atoms with Crippen LogP contribution in [-0.2, 0) is 14.4 Å². The van der Waals surface area contributed by atoms with Crippen molar-refractivity contribution in [2.45, 2.75) is 97.1 Å². The SMILES string of the molecule is CCCCCCCCCCCCN1C(c2ccccn2)C(C(C)=O)C(=O)C(C(C)=O)C1c1ccccn1. The first-order valence-electron chi connectivity index (χ1n) is 14.1. The number of aromatic nitrogens is 2. The molecule has 37 heavy (non-hydrogen) atoms. The van der Waals surface area contributed by atoms with Crippen LogP contribution in [0.25, 0.3) is 0 Å². The van der Waals surface area contributed by atoms with Gasteiger partial charge in [0, 0.05) is 12.4 Å². The van der Waals surface area contributed by atoms with E-state index in [-0.39, 0.29) is 17.3 Å². The highest BCUT2D eigenvalue weighted by Gasteiger charge is 2.53. The van der Waals surface area contributed by atoms with Gasteiger partial charge in [-0.1, -0.05) is 76.8 Å². The summed E-state index contributed by atoms with van der Waals surface area (Å²) in [7, 11) is 0. The molecule has 1 aliphatic rings. The van der Waals surface area contributed by atoms with Crippen LogP contribution in [0.5, 0.6) is 0 Å². The van der Waals surface area contributed by atoms with E-state index < -0.39 is 23.9 Å². The van der Waals surface area contributed by atoms with Gasteiger partial charge >= 0.3 is 0 Å². The van der Waals surface area contributed by atoms with Gasteiger partial charge in [0.15, 0.2) is 5.78 Å². The average Bonchev–Trinajstić information content (AvgIpc) is 2.90. The van der Waals surface area contributed by atoms with Crippen LogP contribution in [0.15, 0.2) is 48.8 Å². The Morgan fingerprint density at radius 3 is 1.51 bits per heavy atom. The number of hydrogen-bond donors (Lipinski definition) is 0. The quantitative estimate of drug-likeness (QED) is 0.204. The van der Waals surface area contributed by atoms with E-state index in [2.05, 4.69) is 21.8 Å². The van der Waals surface area contributed by atoms with Gasteiger partial charge in [0.25, 0.3) is 0 Å². The Morgan fingerprint density at radius 1 is 0.703 bits per heavy atom. The lowest BCUT2D eigenvalue weighted by atomic mass is 9.71. The van der Waals surface area contributed by atoms with Crippen molar-refractivity contribution in [3.05, 3.63) is 60.2 Å². The van der Waals surface area contributed by atoms with Gasteiger partial charge in [-0.05, 0) is 51.1 Å². The standard InChI is InChI=1S/C31H43N3O3/c1-4-5-6-7-8-9-10-11-12-17-22-34-29(25-18-13-15-20-32-25)27(23(2)35)31(37)28(24(3)36)30(34)26-19-14-16-21-33-26/h13-16,18-21,27-30H,4-12,17,22H2,1-3H3. The number of carbonyl (C=O) groups excluding carboxylic acids is 3. The minimum atomic E-state index is -0.924. The van der Waals surface area contributed by atoms with E-state index >= 15 is 0 Å². The summed E-state index contributed by atoms with van der Waals surface area (Å²) in [4.78, 5) is 50.8. The minimum Gasteiger partial charge on any atom is -0.299 e. The van der Waals surface area contributed by atoms with Gasteiger partial charge in [-0.15, -0.1) is 0 Å². The van der Waals surface area contributed by atoms with E-state index in [1.807, 2.05) is 36.4 Å². The number of Topliss-reactive ketones (excluding diaryl/α,β-unsaturated/α-hetero) is 3. The summed E-state index contributed by atoms with van der Waals surface area (Å²) in [5, 5.41) is 0. The summed E-state index contributed by atoms with van der Waals surface area (Å²) in [6, 6.07) is 10.1. The molecule has 0 aromatic carbocycles. The third-order valence-electron chi connectivity index (χ3n) is 7.59. The second-order valence-corrected chi connectivity index (χ2v) is 10.4. The lowest BCUT2D eigenvalue weighted by Crippen LogP contribution is -2.55. The van der Waals surface area contributed by atoms with Crippen molar-refractivity contribution in [1.29, 1.82) is 0 Å². The molecule has 2 aromatic rings. The van der Waals surface area contributed by atoms with Gasteiger partial charge in [-0.2, -0.15) is 0 Å². The van der Waals surface area contributed by atoms with E-state index in [0.29, 0.717) is 17.9 Å². The molecule has 0 radical (unpaired) electrons. The molecule has 3 rings (SSSR count). The second kappa shape index (κ2) is 14.9. The van der Waals surface area contributed by atoms with Crippen molar-refractivity contribution in [2.75, 3.05) is 6.54 Å². The van der Waals surface area contributed by atoms with Crippen molar-refractivity contribution in [2.24, 2.45) is 11.8 Å². The Balaban J connectivity index is 1.83. The Bertz CT molecular complexity index is 928. The maximum Gasteiger partial charge on any atom is 0.157 e. The Hall–Kier alpha value is -2.73. The Labute approximate surface area is 222 Å². The fourth-order valence-electron chi connectivity index (χ4n) is 5.75. The molecule has 0 saturated carbocycles. The van der Waals surface area contributed by atoms with Crippen molar-refractivity contribution in [3.63, 3.8) is 0 Å². The maximum atomic E-state index is 13.7. The number of piperidine rings is 1. The topological polar surface area (TPSA) is 80.2 Å². The van der Waals surface area contributed by atoms with Crippen LogP contribution in [0.1, 0.15) is 108 Å². The maximum absolute atomic E-state index is 13.7. The highest BCUT2D eigenvalue weighted by atomic mass is 16.2. The molecule has 4 unspecified atom stereocenters. The van der Waals surface area contributed by atoms with Crippen LogP contribution in [0.3, 0.4) is 0 Å². The van der Waals surface area contributed by atoms with Crippen LogP contribution in [0.4, 0.5) is 0 Å². The van der Waals surface area contributed by atoms with Crippen LogP contribution >= 0.6 is 0 Å². The van der Waals surface area contributed by atoms with E-state index in [4.69, 9.17) is 0 Å². The monoisotopic (exact) mass is 505 g/mol. The number of rotatable bonds is 15. The molecule has 1 saturated heterocycles. The third kappa shape index (κ3) is 7.64. The lowest BCUT2D eigenvalue weighted by Gasteiger charge is -2.47. The van der Waals surface area contributed by atoms with Crippen molar-refractivity contribution in [1.82, 2.24) is 14.9 Å². The third-order valence-corrected chi connectivity index (χ3v) is 7.59. The van der Waals surface area contributed by atoms with E-state index in [1.54, 1.807) is 12.4 Å². The van der Waals surface area contributed by atoms with Crippen molar-refractivity contribution < 1.29 is 14.4 Å². The Morgan fingerprint density at radius 2 is 1.14 bits per heavy atom. The number of likely N-dealkylation sites (tertiary alicyclic amines) is 1. The summed E-state index contributed by atoms with van der Waals surface area (Å²) in [6.07, 6.45) is 15.6. The first kappa shape index (κ1) is 28.8. The molecule has 6 nitrogen and oxygen atoms in total. The molecule has 6 heteroatoms. The molecular weight excluding hydrogens is 462 g/mol. The molecular formula is C31H43N3O3. The number of unbranched alkanes of at least 4 members (excludes halogenated alkanes) is 9. The smallest absolute Gasteiger partial charge is 0.157 e. The summed E-state index contributed by atoms with van der Waals surface area (Å²) >= 11 is 0. The van der Waals surface area contributed by atoms with Crippen molar-refractivity contribution >= 4 is 17.3 Å². The predicted molar refractivity (Wildman–Crippen MR) is 146 cm³/mol. The van der Waals surface area contributed by atoms with Gasteiger partial charge in [-0.25, -0.2) is 0 Å². The summed E-state index contributed by atoms with van der Waals surface area (Å²) in [5.41, 5.74) is 1.37. The molecule has 0 N–H and O–H groups in total. The highest BCUT2D eigenvalue weighted by molar-refractivity contribution is 6.12. The number of pyridine rings is 2. The van der Waals surface area contributed by atoms with E-state index in [9.17, 15) is 14.4 Å². The number of nitrogens with zero attached hydrogens (tertiary/aromatic N) is 3. The van der Waals surface area contributed by atoms with Crippen LogP contribution in [-0.4, -0.2) is 38.8 Å².